The molecule has 2 aromatic carbocycles. The first-order chi connectivity index (χ1) is 12.2. The summed E-state index contributed by atoms with van der Waals surface area (Å²) in [6.45, 7) is 4.17. The van der Waals surface area contributed by atoms with Gasteiger partial charge >= 0.3 is 5.97 Å². The molecule has 26 heavy (non-hydrogen) atoms. The summed E-state index contributed by atoms with van der Waals surface area (Å²) in [5.41, 5.74) is 12.9. The van der Waals surface area contributed by atoms with Gasteiger partial charge in [0.2, 0.25) is 0 Å². The molecular weight excluding hydrogens is 358 g/mol. The molecule has 0 aliphatic rings. The van der Waals surface area contributed by atoms with Crippen LogP contribution in [0.5, 0.6) is 0 Å². The van der Waals surface area contributed by atoms with Crippen LogP contribution >= 0.6 is 0 Å². The molecule has 140 valence electrons. The molecule has 9 heteroatoms. The Morgan fingerprint density at radius 2 is 1.58 bits per heavy atom. The molecule has 0 unspecified atom stereocenters. The van der Waals surface area contributed by atoms with Crippen molar-refractivity contribution in [2.24, 2.45) is 0 Å². The summed E-state index contributed by atoms with van der Waals surface area (Å²) >= 11 is 0. The Labute approximate surface area is 152 Å². The zero-order valence-corrected chi connectivity index (χ0v) is 14.8. The highest BCUT2D eigenvalue weighted by molar-refractivity contribution is 7.85. The molecule has 0 saturated heterocycles. The standard InChI is InChI=1S/C11H14N2O2.C6H7NO3S/c1-2-11(14)15-8-7-13-10-5-3-9(12)4-6-10;7-5-1-3-6(4-2-5)11(8,9)10/h2-6,13H,1,7-8,12H2;1-4H,7H2,(H,8,9,10). The van der Waals surface area contributed by atoms with Crippen molar-refractivity contribution in [3.05, 3.63) is 61.2 Å². The summed E-state index contributed by atoms with van der Waals surface area (Å²) in [4.78, 5) is 10.5. The Morgan fingerprint density at radius 3 is 2.04 bits per heavy atom. The molecule has 0 atom stereocenters. The number of benzene rings is 2. The molecule has 0 heterocycles. The molecule has 0 aliphatic carbocycles. The fourth-order valence-corrected chi connectivity index (χ4v) is 2.13. The molecule has 0 radical (unpaired) electrons. The third kappa shape index (κ3) is 8.18. The van der Waals surface area contributed by atoms with Gasteiger partial charge in [0.25, 0.3) is 10.1 Å². The van der Waals surface area contributed by atoms with Crippen LogP contribution in [0.4, 0.5) is 17.1 Å². The maximum atomic E-state index is 10.7. The number of hydrogen-bond donors (Lipinski definition) is 4. The molecule has 2 aromatic rings. The van der Waals surface area contributed by atoms with E-state index in [1.807, 2.05) is 12.1 Å². The third-order valence-corrected chi connectivity index (χ3v) is 3.80. The van der Waals surface area contributed by atoms with Crippen LogP contribution in [-0.2, 0) is 19.6 Å². The Bertz CT molecular complexity index is 818. The lowest BCUT2D eigenvalue weighted by Crippen LogP contribution is -2.12. The second kappa shape index (κ2) is 10.1. The van der Waals surface area contributed by atoms with E-state index in [-0.39, 0.29) is 4.90 Å². The van der Waals surface area contributed by atoms with Crippen molar-refractivity contribution >= 4 is 33.1 Å². The number of anilines is 3. The van der Waals surface area contributed by atoms with E-state index in [1.54, 1.807) is 12.1 Å². The van der Waals surface area contributed by atoms with Gasteiger partial charge < -0.3 is 21.5 Å². The summed E-state index contributed by atoms with van der Waals surface area (Å²) in [5, 5.41) is 3.08. The number of ether oxygens (including phenoxy) is 1. The van der Waals surface area contributed by atoms with Crippen LogP contribution in [0.1, 0.15) is 0 Å². The van der Waals surface area contributed by atoms with Crippen molar-refractivity contribution in [2.75, 3.05) is 29.9 Å². The molecular formula is C17H21N3O5S. The zero-order valence-electron chi connectivity index (χ0n) is 14.0. The van der Waals surface area contributed by atoms with Crippen LogP contribution in [0.3, 0.4) is 0 Å². The summed E-state index contributed by atoms with van der Waals surface area (Å²) in [6, 6.07) is 12.6. The second-order valence-electron chi connectivity index (χ2n) is 4.96. The Kier molecular flexibility index (Phi) is 8.13. The van der Waals surface area contributed by atoms with Gasteiger partial charge in [0, 0.05) is 29.7 Å². The minimum Gasteiger partial charge on any atom is -0.461 e. The van der Waals surface area contributed by atoms with Gasteiger partial charge in [0.15, 0.2) is 0 Å². The van der Waals surface area contributed by atoms with Gasteiger partial charge in [0.1, 0.15) is 6.61 Å². The molecule has 0 amide bonds. The molecule has 2 rings (SSSR count). The number of nitrogens with two attached hydrogens (primary N) is 2. The van der Waals surface area contributed by atoms with Gasteiger partial charge in [-0.3, -0.25) is 4.55 Å². The maximum Gasteiger partial charge on any atom is 0.330 e. The predicted molar refractivity (Wildman–Crippen MR) is 101 cm³/mol. The highest BCUT2D eigenvalue weighted by atomic mass is 32.2. The average molecular weight is 379 g/mol. The Hall–Kier alpha value is -3.04. The van der Waals surface area contributed by atoms with E-state index < -0.39 is 16.1 Å². The van der Waals surface area contributed by atoms with Gasteiger partial charge in [-0.05, 0) is 48.5 Å². The van der Waals surface area contributed by atoms with Crippen molar-refractivity contribution in [3.63, 3.8) is 0 Å². The molecule has 0 aliphatic heterocycles. The number of carbonyl (C=O) groups excluding carboxylic acids is 1. The predicted octanol–water partition coefficient (Wildman–Crippen LogP) is 1.93. The summed E-state index contributed by atoms with van der Waals surface area (Å²) < 4.78 is 34.2. The average Bonchev–Trinajstić information content (AvgIpc) is 2.60. The molecule has 6 N–H and O–H groups in total. The van der Waals surface area contributed by atoms with Crippen molar-refractivity contribution < 1.29 is 22.5 Å². The van der Waals surface area contributed by atoms with Gasteiger partial charge in [0.05, 0.1) is 4.90 Å². The number of nitrogen functional groups attached to an aromatic ring is 2. The second-order valence-corrected chi connectivity index (χ2v) is 6.39. The molecule has 0 fully saturated rings. The van der Waals surface area contributed by atoms with E-state index in [1.165, 1.54) is 24.3 Å². The van der Waals surface area contributed by atoms with Crippen molar-refractivity contribution in [1.82, 2.24) is 0 Å². The molecule has 0 spiro atoms. The molecule has 0 saturated carbocycles. The van der Waals surface area contributed by atoms with Crippen LogP contribution in [0.15, 0.2) is 66.1 Å². The van der Waals surface area contributed by atoms with Crippen molar-refractivity contribution in [3.8, 4) is 0 Å². The largest absolute Gasteiger partial charge is 0.461 e. The zero-order chi connectivity index (χ0) is 19.6. The van der Waals surface area contributed by atoms with E-state index in [0.717, 1.165) is 17.5 Å². The quantitative estimate of drug-likeness (QED) is 0.196. The number of hydrogen-bond acceptors (Lipinski definition) is 7. The van der Waals surface area contributed by atoms with Crippen LogP contribution in [0, 0.1) is 0 Å². The summed E-state index contributed by atoms with van der Waals surface area (Å²) in [6.07, 6.45) is 1.14. The number of nitrogens with one attached hydrogen (secondary N) is 1. The fraction of sp³-hybridized carbons (Fsp3) is 0.118. The highest BCUT2D eigenvalue weighted by Crippen LogP contribution is 2.10. The molecule has 0 aromatic heterocycles. The lowest BCUT2D eigenvalue weighted by molar-refractivity contribution is -0.137. The number of esters is 1. The van der Waals surface area contributed by atoms with Gasteiger partial charge in [-0.2, -0.15) is 8.42 Å². The Balaban J connectivity index is 0.000000273. The number of carbonyl (C=O) groups is 1. The van der Waals surface area contributed by atoms with Crippen molar-refractivity contribution in [1.29, 1.82) is 0 Å². The van der Waals surface area contributed by atoms with Crippen LogP contribution in [0.25, 0.3) is 0 Å². The SMILES string of the molecule is C=CC(=O)OCCNc1ccc(N)cc1.Nc1ccc(S(=O)(=O)O)cc1. The van der Waals surface area contributed by atoms with Crippen LogP contribution < -0.4 is 16.8 Å². The van der Waals surface area contributed by atoms with Crippen molar-refractivity contribution in [2.45, 2.75) is 4.90 Å². The summed E-state index contributed by atoms with van der Waals surface area (Å²) in [5.74, 6) is -0.408. The van der Waals surface area contributed by atoms with Crippen LogP contribution in [-0.4, -0.2) is 32.1 Å². The van der Waals surface area contributed by atoms with Gasteiger partial charge in [-0.1, -0.05) is 6.58 Å². The topological polar surface area (TPSA) is 145 Å². The first kappa shape index (κ1) is 21.0. The minimum absolute atomic E-state index is 0.147. The monoisotopic (exact) mass is 379 g/mol. The summed E-state index contributed by atoms with van der Waals surface area (Å²) in [7, 11) is -4.08. The third-order valence-electron chi connectivity index (χ3n) is 2.93. The van der Waals surface area contributed by atoms with E-state index >= 15 is 0 Å². The first-order valence-electron chi connectivity index (χ1n) is 7.44. The van der Waals surface area contributed by atoms with E-state index in [2.05, 4.69) is 11.9 Å². The normalized spacial score (nSPS) is 10.2. The lowest BCUT2D eigenvalue weighted by Gasteiger charge is -2.06. The fourth-order valence-electron chi connectivity index (χ4n) is 1.65. The van der Waals surface area contributed by atoms with Gasteiger partial charge in [-0.15, -0.1) is 0 Å². The lowest BCUT2D eigenvalue weighted by atomic mass is 10.3. The van der Waals surface area contributed by atoms with E-state index in [9.17, 15) is 13.2 Å². The molecule has 0 bridgehead atoms. The Morgan fingerprint density at radius 1 is 1.08 bits per heavy atom. The van der Waals surface area contributed by atoms with E-state index in [0.29, 0.717) is 18.8 Å². The number of rotatable bonds is 6. The van der Waals surface area contributed by atoms with E-state index in [4.69, 9.17) is 20.8 Å². The van der Waals surface area contributed by atoms with Crippen LogP contribution in [0.2, 0.25) is 0 Å². The first-order valence-corrected chi connectivity index (χ1v) is 8.88. The molecule has 8 nitrogen and oxygen atoms in total. The maximum absolute atomic E-state index is 10.7. The minimum atomic E-state index is -4.08. The van der Waals surface area contributed by atoms with Gasteiger partial charge in [-0.25, -0.2) is 4.79 Å². The smallest absolute Gasteiger partial charge is 0.330 e. The highest BCUT2D eigenvalue weighted by Gasteiger charge is 2.07.